The van der Waals surface area contributed by atoms with Crippen molar-refractivity contribution in [3.05, 3.63) is 34.9 Å². The van der Waals surface area contributed by atoms with Crippen molar-refractivity contribution in [3.8, 4) is 0 Å². The van der Waals surface area contributed by atoms with Crippen LogP contribution < -0.4 is 0 Å². The number of piperazine rings is 1. The molecule has 1 aromatic rings. The number of β-amino-alcohol motifs (C(OH)–C–C–N with tert-alkyl or cyclic N) is 1. The maximum absolute atomic E-state index is 11.9. The first kappa shape index (κ1) is 14.5. The average molecular weight is 276 g/mol. The molecule has 1 aliphatic heterocycles. The average Bonchev–Trinajstić information content (AvgIpc) is 2.38. The molecule has 0 aliphatic carbocycles. The molecule has 1 fully saturated rings. The lowest BCUT2D eigenvalue weighted by Crippen LogP contribution is -2.53. The summed E-state index contributed by atoms with van der Waals surface area (Å²) in [4.78, 5) is 26.4. The van der Waals surface area contributed by atoms with Crippen molar-refractivity contribution in [2.24, 2.45) is 0 Å². The molecule has 0 radical (unpaired) electrons. The number of aliphatic hydroxyl groups excluding tert-OH is 1. The summed E-state index contributed by atoms with van der Waals surface area (Å²) in [6.07, 6.45) is -0.768. The van der Waals surface area contributed by atoms with Gasteiger partial charge in [0.15, 0.2) is 0 Å². The molecule has 2 rings (SSSR count). The Morgan fingerprint density at radius 1 is 1.20 bits per heavy atom. The molecular weight excluding hydrogens is 256 g/mol. The summed E-state index contributed by atoms with van der Waals surface area (Å²) in [6, 6.07) is 5.85. The van der Waals surface area contributed by atoms with Crippen LogP contribution in [0, 0.1) is 13.8 Å². The highest BCUT2D eigenvalue weighted by Gasteiger charge is 2.29. The number of amides is 2. The molecule has 0 bridgehead atoms. The Labute approximate surface area is 118 Å². The van der Waals surface area contributed by atoms with Gasteiger partial charge >= 0.3 is 0 Å². The van der Waals surface area contributed by atoms with Crippen LogP contribution in [-0.4, -0.2) is 53.4 Å². The smallest absolute Gasteiger partial charge is 0.242 e. The number of carbonyl (C=O) groups is 2. The summed E-state index contributed by atoms with van der Waals surface area (Å²) in [5, 5.41) is 10.3. The number of hydrogen-bond donors (Lipinski definition) is 1. The highest BCUT2D eigenvalue weighted by atomic mass is 16.3. The van der Waals surface area contributed by atoms with Crippen molar-refractivity contribution in [2.75, 3.05) is 26.7 Å². The standard InChI is InChI=1S/C15H20N2O3/c1-10-4-5-11(2)12(6-10)13(18)7-17-9-14(19)16(3)8-15(17)20/h4-6,13,18H,7-9H2,1-3H3. The first-order valence-corrected chi connectivity index (χ1v) is 6.65. The van der Waals surface area contributed by atoms with Gasteiger partial charge in [0.1, 0.15) is 0 Å². The van der Waals surface area contributed by atoms with E-state index in [-0.39, 0.29) is 31.4 Å². The number of benzene rings is 1. The zero-order valence-electron chi connectivity index (χ0n) is 12.1. The van der Waals surface area contributed by atoms with Crippen LogP contribution in [0.5, 0.6) is 0 Å². The summed E-state index contributed by atoms with van der Waals surface area (Å²) in [7, 11) is 1.61. The van der Waals surface area contributed by atoms with Crippen LogP contribution in [0.2, 0.25) is 0 Å². The molecule has 20 heavy (non-hydrogen) atoms. The minimum Gasteiger partial charge on any atom is -0.387 e. The number of aryl methyl sites for hydroxylation is 2. The second-order valence-electron chi connectivity index (χ2n) is 5.40. The third-order valence-electron chi connectivity index (χ3n) is 3.66. The fourth-order valence-electron chi connectivity index (χ4n) is 2.36. The first-order valence-electron chi connectivity index (χ1n) is 6.65. The van der Waals surface area contributed by atoms with Crippen molar-refractivity contribution >= 4 is 11.8 Å². The molecule has 1 heterocycles. The van der Waals surface area contributed by atoms with Gasteiger partial charge in [-0.15, -0.1) is 0 Å². The van der Waals surface area contributed by atoms with Gasteiger partial charge in [-0.1, -0.05) is 23.8 Å². The van der Waals surface area contributed by atoms with E-state index in [9.17, 15) is 14.7 Å². The predicted molar refractivity (Wildman–Crippen MR) is 75.1 cm³/mol. The Kier molecular flexibility index (Phi) is 4.09. The lowest BCUT2D eigenvalue weighted by atomic mass is 10.0. The van der Waals surface area contributed by atoms with Crippen LogP contribution in [0.3, 0.4) is 0 Å². The fourth-order valence-corrected chi connectivity index (χ4v) is 2.36. The minimum atomic E-state index is -0.768. The van der Waals surface area contributed by atoms with Gasteiger partial charge in [-0.2, -0.15) is 0 Å². The van der Waals surface area contributed by atoms with Crippen LogP contribution in [0.25, 0.3) is 0 Å². The predicted octanol–water partition coefficient (Wildman–Crippen LogP) is 0.637. The molecule has 2 amide bonds. The molecule has 5 nitrogen and oxygen atoms in total. The molecule has 1 N–H and O–H groups in total. The van der Waals surface area contributed by atoms with Gasteiger partial charge in [-0.05, 0) is 25.0 Å². The molecule has 5 heteroatoms. The van der Waals surface area contributed by atoms with Crippen molar-refractivity contribution in [1.82, 2.24) is 9.80 Å². The molecule has 1 atom stereocenters. The molecule has 0 saturated carbocycles. The van der Waals surface area contributed by atoms with E-state index < -0.39 is 6.10 Å². The van der Waals surface area contributed by atoms with E-state index in [1.807, 2.05) is 32.0 Å². The number of carbonyl (C=O) groups excluding carboxylic acids is 2. The number of nitrogens with zero attached hydrogens (tertiary/aromatic N) is 2. The molecule has 1 aromatic carbocycles. The van der Waals surface area contributed by atoms with Gasteiger partial charge in [0.2, 0.25) is 11.8 Å². The lowest BCUT2D eigenvalue weighted by molar-refractivity contribution is -0.150. The third kappa shape index (κ3) is 2.99. The topological polar surface area (TPSA) is 60.9 Å². The highest BCUT2D eigenvalue weighted by molar-refractivity contribution is 5.92. The fraction of sp³-hybridized carbons (Fsp3) is 0.467. The summed E-state index contributed by atoms with van der Waals surface area (Å²) >= 11 is 0. The van der Waals surface area contributed by atoms with E-state index >= 15 is 0 Å². The molecule has 1 unspecified atom stereocenters. The maximum atomic E-state index is 11.9. The Hall–Kier alpha value is -1.88. The van der Waals surface area contributed by atoms with Crippen LogP contribution in [-0.2, 0) is 9.59 Å². The van der Waals surface area contributed by atoms with Gasteiger partial charge in [0.05, 0.1) is 25.7 Å². The largest absolute Gasteiger partial charge is 0.387 e. The van der Waals surface area contributed by atoms with Crippen LogP contribution in [0.1, 0.15) is 22.8 Å². The Bertz CT molecular complexity index is 542. The monoisotopic (exact) mass is 276 g/mol. The van der Waals surface area contributed by atoms with E-state index in [0.29, 0.717) is 0 Å². The van der Waals surface area contributed by atoms with Gasteiger partial charge in [0.25, 0.3) is 0 Å². The van der Waals surface area contributed by atoms with Crippen molar-refractivity contribution in [2.45, 2.75) is 20.0 Å². The number of rotatable bonds is 3. The molecule has 1 aliphatic rings. The molecule has 0 aromatic heterocycles. The maximum Gasteiger partial charge on any atom is 0.242 e. The van der Waals surface area contributed by atoms with Crippen LogP contribution in [0.4, 0.5) is 0 Å². The zero-order chi connectivity index (χ0) is 14.9. The van der Waals surface area contributed by atoms with E-state index in [0.717, 1.165) is 16.7 Å². The van der Waals surface area contributed by atoms with Crippen molar-refractivity contribution in [1.29, 1.82) is 0 Å². The summed E-state index contributed by atoms with van der Waals surface area (Å²) in [6.45, 7) is 4.16. The highest BCUT2D eigenvalue weighted by Crippen LogP contribution is 2.21. The van der Waals surface area contributed by atoms with E-state index in [1.54, 1.807) is 7.05 Å². The van der Waals surface area contributed by atoms with Crippen LogP contribution in [0.15, 0.2) is 18.2 Å². The molecule has 108 valence electrons. The van der Waals surface area contributed by atoms with Gasteiger partial charge in [-0.3, -0.25) is 9.59 Å². The second-order valence-corrected chi connectivity index (χ2v) is 5.40. The van der Waals surface area contributed by atoms with Crippen molar-refractivity contribution in [3.63, 3.8) is 0 Å². The summed E-state index contributed by atoms with van der Waals surface area (Å²) in [5.74, 6) is -0.228. The van der Waals surface area contributed by atoms with Gasteiger partial charge in [0, 0.05) is 7.05 Å². The Morgan fingerprint density at radius 2 is 1.90 bits per heavy atom. The quantitative estimate of drug-likeness (QED) is 0.881. The summed E-state index contributed by atoms with van der Waals surface area (Å²) < 4.78 is 0. The normalized spacial score (nSPS) is 17.6. The minimum absolute atomic E-state index is 0.0389. The van der Waals surface area contributed by atoms with E-state index in [2.05, 4.69) is 0 Å². The second kappa shape index (κ2) is 5.63. The number of likely N-dealkylation sites (N-methyl/N-ethyl adjacent to an activating group) is 1. The molecule has 1 saturated heterocycles. The van der Waals surface area contributed by atoms with Gasteiger partial charge in [-0.25, -0.2) is 0 Å². The zero-order valence-corrected chi connectivity index (χ0v) is 12.1. The van der Waals surface area contributed by atoms with Crippen molar-refractivity contribution < 1.29 is 14.7 Å². The first-order chi connectivity index (χ1) is 9.38. The Balaban J connectivity index is 2.11. The SMILES string of the molecule is Cc1ccc(C)c(C(O)CN2CC(=O)N(C)CC2=O)c1. The molecular formula is C15H20N2O3. The summed E-state index contributed by atoms with van der Waals surface area (Å²) in [5.41, 5.74) is 2.85. The number of hydrogen-bond acceptors (Lipinski definition) is 3. The number of aliphatic hydroxyl groups is 1. The van der Waals surface area contributed by atoms with E-state index in [1.165, 1.54) is 9.80 Å². The molecule has 0 spiro atoms. The van der Waals surface area contributed by atoms with Gasteiger partial charge < -0.3 is 14.9 Å². The lowest BCUT2D eigenvalue weighted by Gasteiger charge is -2.33. The Morgan fingerprint density at radius 3 is 2.60 bits per heavy atom. The van der Waals surface area contributed by atoms with E-state index in [4.69, 9.17) is 0 Å². The van der Waals surface area contributed by atoms with Crippen LogP contribution >= 0.6 is 0 Å². The third-order valence-corrected chi connectivity index (χ3v) is 3.66.